The van der Waals surface area contributed by atoms with Gasteiger partial charge in [0.1, 0.15) is 24.6 Å². The van der Waals surface area contributed by atoms with Gasteiger partial charge in [-0.1, -0.05) is 0 Å². The fourth-order valence-corrected chi connectivity index (χ4v) is 3.07. The first-order chi connectivity index (χ1) is 14.1. The molecule has 7 nitrogen and oxygen atoms in total. The van der Waals surface area contributed by atoms with Crippen LogP contribution in [0.3, 0.4) is 0 Å². The van der Waals surface area contributed by atoms with Crippen LogP contribution in [-0.2, 0) is 9.53 Å². The highest BCUT2D eigenvalue weighted by Crippen LogP contribution is 2.35. The minimum absolute atomic E-state index is 0.0367. The number of carbonyl (C=O) groups excluding carboxylic acids is 1. The molecule has 4 rings (SSSR count). The molecule has 0 saturated carbocycles. The number of halogens is 1. The van der Waals surface area contributed by atoms with Gasteiger partial charge in [0.05, 0.1) is 24.3 Å². The standard InChI is InChI=1S/C21H17FN2O5/c1-12-5-14(21-16(6-12)24-20(26-2)10-23-21)18-7-13-8-19(28-4-3-27-11-25)15(22)9-17(13)29-18/h5-11H,3-4H2,1-2H3. The van der Waals surface area contributed by atoms with E-state index in [1.807, 2.05) is 19.1 Å². The zero-order valence-electron chi connectivity index (χ0n) is 15.8. The zero-order chi connectivity index (χ0) is 20.4. The molecule has 8 heteroatoms. The lowest BCUT2D eigenvalue weighted by Crippen LogP contribution is -2.06. The second-order valence-electron chi connectivity index (χ2n) is 6.34. The summed E-state index contributed by atoms with van der Waals surface area (Å²) in [6.45, 7) is 2.34. The summed E-state index contributed by atoms with van der Waals surface area (Å²) < 4.78 is 35.2. The van der Waals surface area contributed by atoms with Crippen molar-refractivity contribution in [3.63, 3.8) is 0 Å². The molecule has 0 amide bonds. The van der Waals surface area contributed by atoms with Gasteiger partial charge in [-0.15, -0.1) is 0 Å². The van der Waals surface area contributed by atoms with Crippen LogP contribution in [0, 0.1) is 12.7 Å². The van der Waals surface area contributed by atoms with Crippen molar-refractivity contribution in [2.45, 2.75) is 6.92 Å². The van der Waals surface area contributed by atoms with Crippen molar-refractivity contribution in [2.24, 2.45) is 0 Å². The Morgan fingerprint density at radius 2 is 2.03 bits per heavy atom. The number of rotatable bonds is 7. The van der Waals surface area contributed by atoms with Crippen LogP contribution in [0.1, 0.15) is 5.56 Å². The van der Waals surface area contributed by atoms with Gasteiger partial charge in [-0.3, -0.25) is 4.79 Å². The fourth-order valence-electron chi connectivity index (χ4n) is 3.07. The molecule has 4 aromatic rings. The summed E-state index contributed by atoms with van der Waals surface area (Å²) in [5.41, 5.74) is 3.42. The van der Waals surface area contributed by atoms with Crippen LogP contribution in [0.5, 0.6) is 11.6 Å². The molecule has 0 saturated heterocycles. The minimum atomic E-state index is -0.567. The Balaban J connectivity index is 1.75. The molecule has 0 unspecified atom stereocenters. The largest absolute Gasteiger partial charge is 0.487 e. The molecular formula is C21H17FN2O5. The fraction of sp³-hybridized carbons (Fsp3) is 0.190. The number of aryl methyl sites for hydroxylation is 1. The second kappa shape index (κ2) is 7.75. The number of nitrogens with zero attached hydrogens (tertiary/aromatic N) is 2. The number of hydrogen-bond acceptors (Lipinski definition) is 7. The molecule has 0 bridgehead atoms. The molecule has 148 valence electrons. The van der Waals surface area contributed by atoms with Gasteiger partial charge in [0.15, 0.2) is 11.6 Å². The van der Waals surface area contributed by atoms with E-state index in [4.69, 9.17) is 13.9 Å². The van der Waals surface area contributed by atoms with E-state index in [2.05, 4.69) is 14.7 Å². The Labute approximate surface area is 165 Å². The van der Waals surface area contributed by atoms with Gasteiger partial charge in [0.2, 0.25) is 5.88 Å². The first-order valence-corrected chi connectivity index (χ1v) is 8.82. The normalized spacial score (nSPS) is 11.0. The second-order valence-corrected chi connectivity index (χ2v) is 6.34. The van der Waals surface area contributed by atoms with Crippen LogP contribution >= 0.6 is 0 Å². The van der Waals surface area contributed by atoms with Crippen molar-refractivity contribution in [3.05, 3.63) is 47.9 Å². The molecule has 0 spiro atoms. The van der Waals surface area contributed by atoms with Crippen LogP contribution in [0.15, 0.2) is 40.9 Å². The molecule has 2 heterocycles. The number of benzene rings is 2. The lowest BCUT2D eigenvalue weighted by atomic mass is 10.1. The van der Waals surface area contributed by atoms with Crippen LogP contribution < -0.4 is 9.47 Å². The Morgan fingerprint density at radius 1 is 1.17 bits per heavy atom. The number of methoxy groups -OCH3 is 1. The number of furan rings is 1. The van der Waals surface area contributed by atoms with E-state index in [1.165, 1.54) is 19.4 Å². The molecule has 0 atom stereocenters. The average Bonchev–Trinajstić information content (AvgIpc) is 3.12. The molecule has 29 heavy (non-hydrogen) atoms. The quantitative estimate of drug-likeness (QED) is 0.344. The third-order valence-electron chi connectivity index (χ3n) is 4.34. The van der Waals surface area contributed by atoms with Gasteiger partial charge in [-0.2, -0.15) is 0 Å². The molecular weight excluding hydrogens is 379 g/mol. The van der Waals surface area contributed by atoms with E-state index in [-0.39, 0.29) is 19.0 Å². The monoisotopic (exact) mass is 396 g/mol. The smallest absolute Gasteiger partial charge is 0.293 e. The first kappa shape index (κ1) is 18.7. The van der Waals surface area contributed by atoms with Gasteiger partial charge in [-0.25, -0.2) is 14.4 Å². The van der Waals surface area contributed by atoms with Gasteiger partial charge in [0, 0.05) is 17.0 Å². The lowest BCUT2D eigenvalue weighted by Gasteiger charge is -2.06. The van der Waals surface area contributed by atoms with E-state index in [1.54, 1.807) is 12.1 Å². The van der Waals surface area contributed by atoms with Crippen LogP contribution in [0.4, 0.5) is 4.39 Å². The van der Waals surface area contributed by atoms with Crippen molar-refractivity contribution in [3.8, 4) is 23.0 Å². The van der Waals surface area contributed by atoms with Crippen molar-refractivity contribution in [1.82, 2.24) is 9.97 Å². The van der Waals surface area contributed by atoms with E-state index in [0.29, 0.717) is 40.1 Å². The van der Waals surface area contributed by atoms with E-state index >= 15 is 0 Å². The number of aromatic nitrogens is 2. The van der Waals surface area contributed by atoms with Crippen molar-refractivity contribution in [1.29, 1.82) is 0 Å². The Morgan fingerprint density at radius 3 is 2.83 bits per heavy atom. The highest BCUT2D eigenvalue weighted by molar-refractivity contribution is 5.94. The topological polar surface area (TPSA) is 83.7 Å². The number of fused-ring (bicyclic) bond motifs is 2. The number of ether oxygens (including phenoxy) is 3. The molecule has 0 aliphatic rings. The highest BCUT2D eigenvalue weighted by atomic mass is 19.1. The molecule has 0 radical (unpaired) electrons. The third-order valence-corrected chi connectivity index (χ3v) is 4.34. The van der Waals surface area contributed by atoms with Crippen LogP contribution in [0.2, 0.25) is 0 Å². The summed E-state index contributed by atoms with van der Waals surface area (Å²) in [4.78, 5) is 19.0. The summed E-state index contributed by atoms with van der Waals surface area (Å²) in [7, 11) is 1.53. The Hall–Kier alpha value is -3.68. The minimum Gasteiger partial charge on any atom is -0.487 e. The lowest BCUT2D eigenvalue weighted by molar-refractivity contribution is -0.129. The first-order valence-electron chi connectivity index (χ1n) is 8.82. The maximum absolute atomic E-state index is 14.3. The maximum atomic E-state index is 14.3. The summed E-state index contributed by atoms with van der Waals surface area (Å²) in [6.07, 6.45) is 1.54. The summed E-state index contributed by atoms with van der Waals surface area (Å²) in [5.74, 6) is 0.441. The predicted molar refractivity (Wildman–Crippen MR) is 104 cm³/mol. The number of hydrogen-bond donors (Lipinski definition) is 0. The SMILES string of the molecule is COc1cnc2c(-c3cc4cc(OCCOC=O)c(F)cc4o3)cc(C)cc2n1. The molecule has 2 aromatic carbocycles. The average molecular weight is 396 g/mol. The molecule has 0 aliphatic heterocycles. The summed E-state index contributed by atoms with van der Waals surface area (Å²) >= 11 is 0. The van der Waals surface area contributed by atoms with E-state index < -0.39 is 5.82 Å². The van der Waals surface area contributed by atoms with Gasteiger partial charge < -0.3 is 18.6 Å². The predicted octanol–water partition coefficient (Wildman–Crippen LogP) is 4.05. The van der Waals surface area contributed by atoms with E-state index in [9.17, 15) is 9.18 Å². The van der Waals surface area contributed by atoms with E-state index in [0.717, 1.165) is 11.1 Å². The van der Waals surface area contributed by atoms with Gasteiger partial charge in [-0.05, 0) is 36.8 Å². The number of carbonyl (C=O) groups is 1. The molecule has 2 aromatic heterocycles. The van der Waals surface area contributed by atoms with Crippen LogP contribution in [-0.4, -0.2) is 36.8 Å². The zero-order valence-corrected chi connectivity index (χ0v) is 15.8. The van der Waals surface area contributed by atoms with Crippen molar-refractivity contribution in [2.75, 3.05) is 20.3 Å². The molecule has 0 aliphatic carbocycles. The van der Waals surface area contributed by atoms with Crippen molar-refractivity contribution >= 4 is 28.5 Å². The Kier molecular flexibility index (Phi) is 4.99. The summed E-state index contributed by atoms with van der Waals surface area (Å²) in [6, 6.07) is 8.45. The third kappa shape index (κ3) is 3.69. The van der Waals surface area contributed by atoms with Gasteiger partial charge >= 0.3 is 0 Å². The van der Waals surface area contributed by atoms with Gasteiger partial charge in [0.25, 0.3) is 6.47 Å². The van der Waals surface area contributed by atoms with Crippen LogP contribution in [0.25, 0.3) is 33.3 Å². The van der Waals surface area contributed by atoms with Crippen molar-refractivity contribution < 1.29 is 27.8 Å². The Bertz CT molecular complexity index is 1200. The molecule has 0 fully saturated rings. The summed E-state index contributed by atoms with van der Waals surface area (Å²) in [5, 5.41) is 0.670. The molecule has 0 N–H and O–H groups in total. The highest BCUT2D eigenvalue weighted by Gasteiger charge is 2.15. The maximum Gasteiger partial charge on any atom is 0.293 e.